The van der Waals surface area contributed by atoms with E-state index in [1.165, 1.54) is 12.8 Å². The minimum Gasteiger partial charge on any atom is -0.319 e. The predicted molar refractivity (Wildman–Crippen MR) is 60.8 cm³/mol. The summed E-state index contributed by atoms with van der Waals surface area (Å²) in [5.41, 5.74) is 1.06. The van der Waals surface area contributed by atoms with E-state index in [0.29, 0.717) is 5.92 Å². The standard InChI is InChI=1S/C12H15ClFN/c1-15-7-10(8-2-3-8)9-4-5-11(13)12(14)6-9/h4-6,8,10,15H,2-3,7H2,1H3. The molecule has 1 aliphatic rings. The SMILES string of the molecule is CNCC(c1ccc(Cl)c(F)c1)C1CC1. The second-order valence-corrected chi connectivity index (χ2v) is 4.58. The van der Waals surface area contributed by atoms with Gasteiger partial charge in [0.25, 0.3) is 0 Å². The summed E-state index contributed by atoms with van der Waals surface area (Å²) in [5.74, 6) is 0.843. The van der Waals surface area contributed by atoms with Crippen LogP contribution in [-0.4, -0.2) is 13.6 Å². The highest BCUT2D eigenvalue weighted by atomic mass is 35.5. The molecule has 1 aliphatic carbocycles. The lowest BCUT2D eigenvalue weighted by molar-refractivity contribution is 0.558. The molecule has 0 spiro atoms. The van der Waals surface area contributed by atoms with Gasteiger partial charge in [0.2, 0.25) is 0 Å². The monoisotopic (exact) mass is 227 g/mol. The maximum Gasteiger partial charge on any atom is 0.142 e. The zero-order valence-electron chi connectivity index (χ0n) is 8.76. The lowest BCUT2D eigenvalue weighted by Gasteiger charge is -2.16. The van der Waals surface area contributed by atoms with Crippen LogP contribution in [-0.2, 0) is 0 Å². The van der Waals surface area contributed by atoms with Crippen LogP contribution in [0.2, 0.25) is 5.02 Å². The van der Waals surface area contributed by atoms with E-state index in [1.54, 1.807) is 12.1 Å². The fourth-order valence-electron chi connectivity index (χ4n) is 2.02. The molecule has 1 aromatic carbocycles. The van der Waals surface area contributed by atoms with Crippen molar-refractivity contribution in [3.8, 4) is 0 Å². The Balaban J connectivity index is 2.21. The van der Waals surface area contributed by atoms with Crippen molar-refractivity contribution < 1.29 is 4.39 Å². The van der Waals surface area contributed by atoms with Gasteiger partial charge in [-0.2, -0.15) is 0 Å². The first-order valence-corrected chi connectivity index (χ1v) is 5.69. The van der Waals surface area contributed by atoms with E-state index in [1.807, 2.05) is 13.1 Å². The molecule has 1 unspecified atom stereocenters. The van der Waals surface area contributed by atoms with Crippen LogP contribution in [0.1, 0.15) is 24.3 Å². The first-order valence-electron chi connectivity index (χ1n) is 5.32. The largest absolute Gasteiger partial charge is 0.319 e. The second kappa shape index (κ2) is 4.50. The van der Waals surface area contributed by atoms with Gasteiger partial charge in [-0.15, -0.1) is 0 Å². The maximum absolute atomic E-state index is 13.3. The summed E-state index contributed by atoms with van der Waals surface area (Å²) >= 11 is 5.67. The van der Waals surface area contributed by atoms with Gasteiger partial charge in [0.1, 0.15) is 5.82 Å². The third-order valence-electron chi connectivity index (χ3n) is 2.99. The normalized spacial score (nSPS) is 17.8. The van der Waals surface area contributed by atoms with Crippen LogP contribution in [0, 0.1) is 11.7 Å². The van der Waals surface area contributed by atoms with Crippen molar-refractivity contribution in [2.24, 2.45) is 5.92 Å². The molecule has 0 aromatic heterocycles. The molecule has 1 fully saturated rings. The summed E-state index contributed by atoms with van der Waals surface area (Å²) in [5, 5.41) is 3.37. The van der Waals surface area contributed by atoms with Crippen LogP contribution in [0.3, 0.4) is 0 Å². The Bertz CT molecular complexity index is 349. The molecule has 0 amide bonds. The fraction of sp³-hybridized carbons (Fsp3) is 0.500. The summed E-state index contributed by atoms with van der Waals surface area (Å²) < 4.78 is 13.3. The Hall–Kier alpha value is -0.600. The van der Waals surface area contributed by atoms with Crippen LogP contribution in [0.5, 0.6) is 0 Å². The molecular formula is C12H15ClFN. The Labute approximate surface area is 94.6 Å². The van der Waals surface area contributed by atoms with Gasteiger partial charge in [0.05, 0.1) is 5.02 Å². The first-order chi connectivity index (χ1) is 7.22. The van der Waals surface area contributed by atoms with E-state index >= 15 is 0 Å². The zero-order valence-corrected chi connectivity index (χ0v) is 9.52. The average Bonchev–Trinajstić information content (AvgIpc) is 3.02. The van der Waals surface area contributed by atoms with Gasteiger partial charge >= 0.3 is 0 Å². The van der Waals surface area contributed by atoms with Crippen molar-refractivity contribution >= 4 is 11.6 Å². The number of likely N-dealkylation sites (N-methyl/N-ethyl adjacent to an activating group) is 1. The molecule has 1 atom stereocenters. The molecule has 0 heterocycles. The summed E-state index contributed by atoms with van der Waals surface area (Å²) in [7, 11) is 1.93. The van der Waals surface area contributed by atoms with E-state index in [9.17, 15) is 4.39 Å². The third kappa shape index (κ3) is 2.50. The Morgan fingerprint density at radius 3 is 2.80 bits per heavy atom. The molecule has 0 saturated heterocycles. The van der Waals surface area contributed by atoms with Crippen molar-refractivity contribution in [1.29, 1.82) is 0 Å². The van der Waals surface area contributed by atoms with E-state index in [2.05, 4.69) is 5.32 Å². The maximum atomic E-state index is 13.3. The fourth-order valence-corrected chi connectivity index (χ4v) is 2.14. The van der Waals surface area contributed by atoms with Crippen LogP contribution in [0.4, 0.5) is 4.39 Å². The highest BCUT2D eigenvalue weighted by molar-refractivity contribution is 6.30. The molecule has 1 N–H and O–H groups in total. The molecule has 0 bridgehead atoms. The van der Waals surface area contributed by atoms with E-state index in [4.69, 9.17) is 11.6 Å². The lowest BCUT2D eigenvalue weighted by atomic mass is 9.94. The van der Waals surface area contributed by atoms with Gasteiger partial charge in [-0.3, -0.25) is 0 Å². The molecule has 2 rings (SSSR count). The van der Waals surface area contributed by atoms with Gasteiger partial charge < -0.3 is 5.32 Å². The van der Waals surface area contributed by atoms with Gasteiger partial charge in [-0.05, 0) is 49.4 Å². The minimum atomic E-state index is -0.309. The molecule has 0 radical (unpaired) electrons. The number of rotatable bonds is 4. The third-order valence-corrected chi connectivity index (χ3v) is 3.29. The van der Waals surface area contributed by atoms with Crippen LogP contribution in [0.25, 0.3) is 0 Å². The molecule has 1 saturated carbocycles. The lowest BCUT2D eigenvalue weighted by Crippen LogP contribution is -2.18. The molecule has 15 heavy (non-hydrogen) atoms. The average molecular weight is 228 g/mol. The van der Waals surface area contributed by atoms with Gasteiger partial charge in [0, 0.05) is 6.54 Å². The molecular weight excluding hydrogens is 213 g/mol. The van der Waals surface area contributed by atoms with Gasteiger partial charge in [-0.25, -0.2) is 4.39 Å². The number of hydrogen-bond donors (Lipinski definition) is 1. The highest BCUT2D eigenvalue weighted by Gasteiger charge is 2.31. The Morgan fingerprint density at radius 1 is 1.53 bits per heavy atom. The topological polar surface area (TPSA) is 12.0 Å². The number of halogens is 2. The van der Waals surface area contributed by atoms with Gasteiger partial charge in [-0.1, -0.05) is 17.7 Å². The molecule has 82 valence electrons. The Morgan fingerprint density at radius 2 is 2.27 bits per heavy atom. The van der Waals surface area contributed by atoms with Crippen molar-refractivity contribution in [1.82, 2.24) is 5.32 Å². The highest BCUT2D eigenvalue weighted by Crippen LogP contribution is 2.42. The van der Waals surface area contributed by atoms with E-state index in [0.717, 1.165) is 18.0 Å². The van der Waals surface area contributed by atoms with Crippen LogP contribution >= 0.6 is 11.6 Å². The quantitative estimate of drug-likeness (QED) is 0.833. The minimum absolute atomic E-state index is 0.206. The van der Waals surface area contributed by atoms with Crippen molar-refractivity contribution in [3.63, 3.8) is 0 Å². The zero-order chi connectivity index (χ0) is 10.8. The summed E-state index contributed by atoms with van der Waals surface area (Å²) in [4.78, 5) is 0. The van der Waals surface area contributed by atoms with Crippen LogP contribution < -0.4 is 5.32 Å². The first kappa shape index (κ1) is 10.9. The van der Waals surface area contributed by atoms with Crippen molar-refractivity contribution in [3.05, 3.63) is 34.6 Å². The molecule has 1 aromatic rings. The van der Waals surface area contributed by atoms with Crippen LogP contribution in [0.15, 0.2) is 18.2 Å². The predicted octanol–water partition coefficient (Wildman–Crippen LogP) is 3.19. The molecule has 1 nitrogen and oxygen atoms in total. The molecule has 3 heteroatoms. The van der Waals surface area contributed by atoms with Crippen molar-refractivity contribution in [2.75, 3.05) is 13.6 Å². The van der Waals surface area contributed by atoms with E-state index in [-0.39, 0.29) is 10.8 Å². The number of nitrogens with one attached hydrogen (secondary N) is 1. The second-order valence-electron chi connectivity index (χ2n) is 4.18. The Kier molecular flexibility index (Phi) is 3.27. The van der Waals surface area contributed by atoms with Gasteiger partial charge in [0.15, 0.2) is 0 Å². The van der Waals surface area contributed by atoms with E-state index < -0.39 is 0 Å². The smallest absolute Gasteiger partial charge is 0.142 e. The van der Waals surface area contributed by atoms with Crippen molar-refractivity contribution in [2.45, 2.75) is 18.8 Å². The number of hydrogen-bond acceptors (Lipinski definition) is 1. The summed E-state index contributed by atoms with van der Waals surface area (Å²) in [6, 6.07) is 5.16. The number of benzene rings is 1. The molecule has 0 aliphatic heterocycles. The summed E-state index contributed by atoms with van der Waals surface area (Å²) in [6.07, 6.45) is 2.52. The summed E-state index contributed by atoms with van der Waals surface area (Å²) in [6.45, 7) is 0.908.